The fourth-order valence-electron chi connectivity index (χ4n) is 2.43. The average molecular weight is 325 g/mol. The van der Waals surface area contributed by atoms with Crippen molar-refractivity contribution in [1.29, 1.82) is 0 Å². The van der Waals surface area contributed by atoms with Gasteiger partial charge in [-0.25, -0.2) is 14.6 Å². The molecule has 0 amide bonds. The van der Waals surface area contributed by atoms with Gasteiger partial charge in [-0.1, -0.05) is 0 Å². The predicted molar refractivity (Wildman–Crippen MR) is 76.0 cm³/mol. The first-order valence-corrected chi connectivity index (χ1v) is 7.03. The van der Waals surface area contributed by atoms with Crippen LogP contribution in [0.3, 0.4) is 0 Å². The number of hydrogen-bond donors (Lipinski definition) is 0. The third kappa shape index (κ3) is 3.33. The molecular formula is C14H14F3N5O. The molecule has 0 saturated carbocycles. The first-order chi connectivity index (χ1) is 10.8. The lowest BCUT2D eigenvalue weighted by atomic mass is 10.0. The molecule has 122 valence electrons. The van der Waals surface area contributed by atoms with Crippen LogP contribution in [0.25, 0.3) is 0 Å². The molecular weight excluding hydrogens is 311 g/mol. The van der Waals surface area contributed by atoms with Gasteiger partial charge < -0.3 is 4.90 Å². The van der Waals surface area contributed by atoms with Gasteiger partial charge in [0.15, 0.2) is 0 Å². The summed E-state index contributed by atoms with van der Waals surface area (Å²) in [6, 6.07) is 3.94. The van der Waals surface area contributed by atoms with Gasteiger partial charge in [0.2, 0.25) is 5.95 Å². The van der Waals surface area contributed by atoms with Gasteiger partial charge in [0.05, 0.1) is 12.2 Å². The second kappa shape index (κ2) is 5.64. The van der Waals surface area contributed by atoms with E-state index in [0.29, 0.717) is 19.6 Å². The maximum absolute atomic E-state index is 12.6. The van der Waals surface area contributed by atoms with Gasteiger partial charge in [-0.05, 0) is 19.1 Å². The summed E-state index contributed by atoms with van der Waals surface area (Å²) >= 11 is 0. The van der Waals surface area contributed by atoms with Crippen molar-refractivity contribution in [3.8, 4) is 0 Å². The molecule has 3 rings (SSSR count). The highest BCUT2D eigenvalue weighted by atomic mass is 19.4. The van der Waals surface area contributed by atoms with Crippen LogP contribution in [0.4, 0.5) is 19.1 Å². The topological polar surface area (TPSA) is 63.9 Å². The molecule has 0 N–H and O–H groups in total. The van der Waals surface area contributed by atoms with E-state index in [4.69, 9.17) is 0 Å². The molecule has 1 aliphatic rings. The molecule has 2 aromatic rings. The van der Waals surface area contributed by atoms with Gasteiger partial charge in [-0.15, -0.1) is 0 Å². The highest BCUT2D eigenvalue weighted by Gasteiger charge is 2.35. The Morgan fingerprint density at radius 2 is 2.00 bits per heavy atom. The number of alkyl halides is 3. The highest BCUT2D eigenvalue weighted by Crippen LogP contribution is 2.29. The van der Waals surface area contributed by atoms with Crippen LogP contribution < -0.4 is 10.5 Å². The molecule has 0 unspecified atom stereocenters. The summed E-state index contributed by atoms with van der Waals surface area (Å²) in [6.45, 7) is 3.20. The molecule has 1 aliphatic heterocycles. The smallest absolute Gasteiger partial charge is 0.340 e. The number of hydrogen-bond acceptors (Lipinski definition) is 5. The number of rotatable bonds is 3. The van der Waals surface area contributed by atoms with E-state index in [1.54, 1.807) is 17.9 Å². The minimum atomic E-state index is -4.49. The van der Waals surface area contributed by atoms with Gasteiger partial charge in [-0.2, -0.15) is 18.3 Å². The summed E-state index contributed by atoms with van der Waals surface area (Å²) < 4.78 is 39.3. The van der Waals surface area contributed by atoms with Gasteiger partial charge >= 0.3 is 6.18 Å². The van der Waals surface area contributed by atoms with E-state index in [1.807, 2.05) is 0 Å². The number of halogens is 3. The second-order valence-electron chi connectivity index (χ2n) is 5.51. The standard InChI is InChI=1S/C14H14F3N5O/c1-9-2-3-12(23)22(20-9)8-10-6-21(7-10)13-18-5-4-11(19-13)14(15,16)17/h2-5,10H,6-8H2,1H3. The third-order valence-electron chi connectivity index (χ3n) is 3.60. The molecule has 23 heavy (non-hydrogen) atoms. The van der Waals surface area contributed by atoms with Crippen LogP contribution >= 0.6 is 0 Å². The Hall–Kier alpha value is -2.45. The van der Waals surface area contributed by atoms with E-state index >= 15 is 0 Å². The fourth-order valence-corrected chi connectivity index (χ4v) is 2.43. The maximum atomic E-state index is 12.6. The van der Waals surface area contributed by atoms with Crippen molar-refractivity contribution in [2.75, 3.05) is 18.0 Å². The monoisotopic (exact) mass is 325 g/mol. The summed E-state index contributed by atoms with van der Waals surface area (Å²) in [7, 11) is 0. The van der Waals surface area contributed by atoms with Gasteiger partial charge in [0, 0.05) is 31.3 Å². The Balaban J connectivity index is 1.65. The van der Waals surface area contributed by atoms with Crippen molar-refractivity contribution >= 4 is 5.95 Å². The third-order valence-corrected chi connectivity index (χ3v) is 3.60. The maximum Gasteiger partial charge on any atom is 0.433 e. The van der Waals surface area contributed by atoms with Crippen LogP contribution in [0.2, 0.25) is 0 Å². The Morgan fingerprint density at radius 3 is 2.70 bits per heavy atom. The Kier molecular flexibility index (Phi) is 3.78. The van der Waals surface area contributed by atoms with Crippen LogP contribution in [0.5, 0.6) is 0 Å². The molecule has 6 nitrogen and oxygen atoms in total. The zero-order chi connectivity index (χ0) is 16.6. The lowest BCUT2D eigenvalue weighted by Crippen LogP contribution is -2.50. The van der Waals surface area contributed by atoms with Crippen LogP contribution in [0, 0.1) is 12.8 Å². The van der Waals surface area contributed by atoms with Crippen LogP contribution in [0.1, 0.15) is 11.4 Å². The first-order valence-electron chi connectivity index (χ1n) is 7.03. The normalized spacial score (nSPS) is 15.6. The van der Waals surface area contributed by atoms with Gasteiger partial charge in [-0.3, -0.25) is 4.79 Å². The van der Waals surface area contributed by atoms with Crippen LogP contribution in [-0.4, -0.2) is 32.8 Å². The number of aryl methyl sites for hydroxylation is 1. The minimum absolute atomic E-state index is 0.0561. The van der Waals surface area contributed by atoms with Crippen molar-refractivity contribution in [3.63, 3.8) is 0 Å². The quantitative estimate of drug-likeness (QED) is 0.856. The highest BCUT2D eigenvalue weighted by molar-refractivity contribution is 5.34. The van der Waals surface area contributed by atoms with E-state index in [-0.39, 0.29) is 17.4 Å². The second-order valence-corrected chi connectivity index (χ2v) is 5.51. The SMILES string of the molecule is Cc1ccc(=O)n(CC2CN(c3nccc(C(F)(F)F)n3)C2)n1. The molecule has 3 heterocycles. The van der Waals surface area contributed by atoms with Crippen LogP contribution in [0.15, 0.2) is 29.2 Å². The lowest BCUT2D eigenvalue weighted by Gasteiger charge is -2.39. The van der Waals surface area contributed by atoms with E-state index in [0.717, 1.165) is 18.0 Å². The molecule has 0 bridgehead atoms. The molecule has 0 aliphatic carbocycles. The molecule has 0 aromatic carbocycles. The molecule has 1 fully saturated rings. The Labute approximate surface area is 129 Å². The summed E-state index contributed by atoms with van der Waals surface area (Å²) in [6.07, 6.45) is -3.38. The molecule has 1 saturated heterocycles. The van der Waals surface area contributed by atoms with Crippen molar-refractivity contribution in [2.24, 2.45) is 5.92 Å². The summed E-state index contributed by atoms with van der Waals surface area (Å²) in [4.78, 5) is 20.8. The lowest BCUT2D eigenvalue weighted by molar-refractivity contribution is -0.141. The van der Waals surface area contributed by atoms with Crippen LogP contribution in [-0.2, 0) is 12.7 Å². The van der Waals surface area contributed by atoms with E-state index in [9.17, 15) is 18.0 Å². The predicted octanol–water partition coefficient (Wildman–Crippen LogP) is 1.50. The Morgan fingerprint density at radius 1 is 1.26 bits per heavy atom. The van der Waals surface area contributed by atoms with E-state index < -0.39 is 11.9 Å². The van der Waals surface area contributed by atoms with Crippen molar-refractivity contribution in [1.82, 2.24) is 19.7 Å². The first kappa shape index (κ1) is 15.4. The van der Waals surface area contributed by atoms with Crippen molar-refractivity contribution in [3.05, 3.63) is 46.1 Å². The summed E-state index contributed by atoms with van der Waals surface area (Å²) in [5, 5.41) is 4.14. The zero-order valence-electron chi connectivity index (χ0n) is 12.3. The molecule has 0 spiro atoms. The Bertz CT molecular complexity index is 767. The zero-order valence-corrected chi connectivity index (χ0v) is 12.3. The number of aromatic nitrogens is 4. The van der Waals surface area contributed by atoms with Crippen molar-refractivity contribution in [2.45, 2.75) is 19.6 Å². The van der Waals surface area contributed by atoms with Gasteiger partial charge in [0.1, 0.15) is 5.69 Å². The largest absolute Gasteiger partial charge is 0.433 e. The van der Waals surface area contributed by atoms with E-state index in [2.05, 4.69) is 15.1 Å². The van der Waals surface area contributed by atoms with Crippen molar-refractivity contribution < 1.29 is 13.2 Å². The average Bonchev–Trinajstić information content (AvgIpc) is 2.45. The molecule has 0 atom stereocenters. The van der Waals surface area contributed by atoms with E-state index in [1.165, 1.54) is 10.7 Å². The minimum Gasteiger partial charge on any atom is -0.340 e. The fraction of sp³-hybridized carbons (Fsp3) is 0.429. The summed E-state index contributed by atoms with van der Waals surface area (Å²) in [5.74, 6) is 0.181. The molecule has 9 heteroatoms. The number of nitrogens with zero attached hydrogens (tertiary/aromatic N) is 5. The summed E-state index contributed by atoms with van der Waals surface area (Å²) in [5.41, 5.74) is -0.408. The van der Waals surface area contributed by atoms with Gasteiger partial charge in [0.25, 0.3) is 5.56 Å². The number of anilines is 1. The molecule has 0 radical (unpaired) electrons. The molecule has 2 aromatic heterocycles.